The Kier molecular flexibility index (Phi) is 4.66. The van der Waals surface area contributed by atoms with Gasteiger partial charge in [-0.2, -0.15) is 0 Å². The largest absolute Gasteiger partial charge is 0.481 e. The number of likely N-dealkylation sites (tertiary alicyclic amines) is 1. The molecule has 1 saturated carbocycles. The summed E-state index contributed by atoms with van der Waals surface area (Å²) in [6.45, 7) is 4.58. The van der Waals surface area contributed by atoms with E-state index in [1.165, 1.54) is 0 Å². The van der Waals surface area contributed by atoms with E-state index in [2.05, 4.69) is 12.2 Å². The summed E-state index contributed by atoms with van der Waals surface area (Å²) in [6, 6.07) is 0.0460. The molecule has 1 aliphatic heterocycles. The second kappa shape index (κ2) is 6.26. The number of aliphatic carboxylic acids is 1. The Hall–Kier alpha value is -1.26. The van der Waals surface area contributed by atoms with Crippen LogP contribution in [0.25, 0.3) is 0 Å². The maximum Gasteiger partial charge on any atom is 0.317 e. The van der Waals surface area contributed by atoms with Crippen LogP contribution in [0, 0.1) is 17.8 Å². The molecule has 19 heavy (non-hydrogen) atoms. The molecule has 2 N–H and O–H groups in total. The predicted octanol–water partition coefficient (Wildman–Crippen LogP) is 1.93. The summed E-state index contributed by atoms with van der Waals surface area (Å²) in [7, 11) is 0. The molecule has 1 unspecified atom stereocenters. The van der Waals surface area contributed by atoms with E-state index in [1.807, 2.05) is 4.90 Å². The Balaban J connectivity index is 1.66. The van der Waals surface area contributed by atoms with Gasteiger partial charge < -0.3 is 15.3 Å². The summed E-state index contributed by atoms with van der Waals surface area (Å²) in [5, 5.41) is 11.9. The molecular weight excluding hydrogens is 244 g/mol. The zero-order valence-corrected chi connectivity index (χ0v) is 11.6. The van der Waals surface area contributed by atoms with Gasteiger partial charge in [-0.25, -0.2) is 4.79 Å². The van der Waals surface area contributed by atoms with Gasteiger partial charge in [-0.3, -0.25) is 4.79 Å². The van der Waals surface area contributed by atoms with E-state index < -0.39 is 5.97 Å². The molecule has 0 aromatic rings. The lowest BCUT2D eigenvalue weighted by Gasteiger charge is -2.27. The highest BCUT2D eigenvalue weighted by atomic mass is 16.4. The minimum Gasteiger partial charge on any atom is -0.481 e. The number of carbonyl (C=O) groups is 2. The molecule has 2 aliphatic rings. The summed E-state index contributed by atoms with van der Waals surface area (Å²) in [4.78, 5) is 24.7. The van der Waals surface area contributed by atoms with Gasteiger partial charge in [-0.05, 0) is 43.9 Å². The van der Waals surface area contributed by atoms with Crippen LogP contribution in [0.15, 0.2) is 0 Å². The molecule has 1 saturated heterocycles. The fraction of sp³-hybridized carbons (Fsp3) is 0.857. The van der Waals surface area contributed by atoms with Gasteiger partial charge >= 0.3 is 12.0 Å². The second-order valence-electron chi connectivity index (χ2n) is 6.08. The van der Waals surface area contributed by atoms with E-state index in [9.17, 15) is 9.59 Å². The molecule has 0 radical (unpaired) electrons. The Morgan fingerprint density at radius 3 is 2.42 bits per heavy atom. The number of amides is 2. The first-order valence-electron chi connectivity index (χ1n) is 7.32. The topological polar surface area (TPSA) is 69.6 Å². The van der Waals surface area contributed by atoms with Crippen LogP contribution >= 0.6 is 0 Å². The number of urea groups is 1. The van der Waals surface area contributed by atoms with Crippen molar-refractivity contribution in [3.63, 3.8) is 0 Å². The lowest BCUT2D eigenvalue weighted by atomic mass is 9.82. The Morgan fingerprint density at radius 2 is 1.89 bits per heavy atom. The molecule has 0 aromatic heterocycles. The van der Waals surface area contributed by atoms with Crippen LogP contribution in [0.4, 0.5) is 4.79 Å². The van der Waals surface area contributed by atoms with Crippen molar-refractivity contribution in [2.45, 2.75) is 39.0 Å². The molecule has 0 bridgehead atoms. The zero-order chi connectivity index (χ0) is 13.8. The van der Waals surface area contributed by atoms with Gasteiger partial charge in [0.15, 0.2) is 0 Å². The van der Waals surface area contributed by atoms with Gasteiger partial charge in [0.2, 0.25) is 0 Å². The minimum absolute atomic E-state index is 0.0460. The van der Waals surface area contributed by atoms with Crippen molar-refractivity contribution in [2.24, 2.45) is 17.8 Å². The molecule has 0 aromatic carbocycles. The van der Waals surface area contributed by atoms with Gasteiger partial charge in [0.25, 0.3) is 0 Å². The van der Waals surface area contributed by atoms with Crippen molar-refractivity contribution in [3.8, 4) is 0 Å². The molecule has 1 atom stereocenters. The van der Waals surface area contributed by atoms with E-state index in [0.717, 1.165) is 45.2 Å². The predicted molar refractivity (Wildman–Crippen MR) is 71.8 cm³/mol. The number of nitrogens with zero attached hydrogens (tertiary/aromatic N) is 1. The van der Waals surface area contributed by atoms with E-state index in [-0.39, 0.29) is 11.9 Å². The van der Waals surface area contributed by atoms with Crippen molar-refractivity contribution >= 4 is 12.0 Å². The Labute approximate surface area is 114 Å². The highest BCUT2D eigenvalue weighted by Gasteiger charge is 2.27. The first-order chi connectivity index (χ1) is 9.06. The lowest BCUT2D eigenvalue weighted by Crippen LogP contribution is -2.41. The molecule has 0 spiro atoms. The highest BCUT2D eigenvalue weighted by Crippen LogP contribution is 2.28. The van der Waals surface area contributed by atoms with E-state index in [1.54, 1.807) is 0 Å². The van der Waals surface area contributed by atoms with Crippen molar-refractivity contribution in [1.82, 2.24) is 10.2 Å². The van der Waals surface area contributed by atoms with E-state index in [4.69, 9.17) is 5.11 Å². The number of carboxylic acid groups (broad SMARTS) is 1. The molecule has 108 valence electrons. The first kappa shape index (κ1) is 14.2. The number of hydrogen-bond donors (Lipinski definition) is 2. The normalized spacial score (nSPS) is 31.2. The van der Waals surface area contributed by atoms with Crippen LogP contribution in [0.2, 0.25) is 0 Å². The third kappa shape index (κ3) is 3.85. The van der Waals surface area contributed by atoms with Gasteiger partial charge in [0, 0.05) is 19.6 Å². The number of carboxylic acids is 1. The van der Waals surface area contributed by atoms with Crippen LogP contribution in [0.1, 0.15) is 39.0 Å². The zero-order valence-electron chi connectivity index (χ0n) is 11.6. The summed E-state index contributed by atoms with van der Waals surface area (Å²) in [5.41, 5.74) is 0. The van der Waals surface area contributed by atoms with Crippen molar-refractivity contribution in [3.05, 3.63) is 0 Å². The molecule has 2 amide bonds. The highest BCUT2D eigenvalue weighted by molar-refractivity contribution is 5.74. The average molecular weight is 268 g/mol. The molecule has 1 aliphatic carbocycles. The van der Waals surface area contributed by atoms with Gasteiger partial charge in [-0.15, -0.1) is 0 Å². The van der Waals surface area contributed by atoms with Gasteiger partial charge in [-0.1, -0.05) is 6.92 Å². The number of carbonyl (C=O) groups excluding carboxylic acids is 1. The van der Waals surface area contributed by atoms with Crippen LogP contribution < -0.4 is 5.32 Å². The molecule has 5 heteroatoms. The monoisotopic (exact) mass is 268 g/mol. The SMILES string of the molecule is CC1CCN(C(=O)NCC2CCC(C(=O)O)CC2)C1. The lowest BCUT2D eigenvalue weighted by molar-refractivity contribution is -0.143. The van der Waals surface area contributed by atoms with Gasteiger partial charge in [0.05, 0.1) is 5.92 Å². The fourth-order valence-electron chi connectivity index (χ4n) is 3.08. The summed E-state index contributed by atoms with van der Waals surface area (Å²) < 4.78 is 0. The van der Waals surface area contributed by atoms with E-state index >= 15 is 0 Å². The first-order valence-corrected chi connectivity index (χ1v) is 7.32. The van der Waals surface area contributed by atoms with Crippen LogP contribution in [-0.2, 0) is 4.79 Å². The standard InChI is InChI=1S/C14H24N2O3/c1-10-6-7-16(9-10)14(19)15-8-11-2-4-12(5-3-11)13(17)18/h10-12H,2-9H2,1H3,(H,15,19)(H,17,18). The minimum atomic E-state index is -0.673. The fourth-order valence-corrected chi connectivity index (χ4v) is 3.08. The third-order valence-electron chi connectivity index (χ3n) is 4.45. The van der Waals surface area contributed by atoms with Gasteiger partial charge in [0.1, 0.15) is 0 Å². The molecular formula is C14H24N2O3. The van der Waals surface area contributed by atoms with Crippen molar-refractivity contribution in [1.29, 1.82) is 0 Å². The van der Waals surface area contributed by atoms with Crippen molar-refractivity contribution in [2.75, 3.05) is 19.6 Å². The van der Waals surface area contributed by atoms with E-state index in [0.29, 0.717) is 18.4 Å². The summed E-state index contributed by atoms with van der Waals surface area (Å²) in [5.74, 6) is 0.205. The molecule has 2 fully saturated rings. The third-order valence-corrected chi connectivity index (χ3v) is 4.45. The second-order valence-corrected chi connectivity index (χ2v) is 6.08. The molecule has 2 rings (SSSR count). The maximum absolute atomic E-state index is 11.9. The van der Waals surface area contributed by atoms with Crippen molar-refractivity contribution < 1.29 is 14.7 Å². The Bertz CT molecular complexity index is 338. The van der Waals surface area contributed by atoms with Crippen LogP contribution in [0.5, 0.6) is 0 Å². The smallest absolute Gasteiger partial charge is 0.317 e. The molecule has 1 heterocycles. The number of rotatable bonds is 3. The maximum atomic E-state index is 11.9. The average Bonchev–Trinajstić information content (AvgIpc) is 2.83. The summed E-state index contributed by atoms with van der Waals surface area (Å²) >= 11 is 0. The molecule has 5 nitrogen and oxygen atoms in total. The quantitative estimate of drug-likeness (QED) is 0.821. The Morgan fingerprint density at radius 1 is 1.21 bits per heavy atom. The summed E-state index contributed by atoms with van der Waals surface area (Å²) in [6.07, 6.45) is 4.41. The number of hydrogen-bond acceptors (Lipinski definition) is 2. The van der Waals surface area contributed by atoms with Crippen LogP contribution in [0.3, 0.4) is 0 Å². The number of nitrogens with one attached hydrogen (secondary N) is 1. The van der Waals surface area contributed by atoms with Crippen LogP contribution in [-0.4, -0.2) is 41.6 Å².